The van der Waals surface area contributed by atoms with Gasteiger partial charge in [-0.3, -0.25) is 0 Å². The molecule has 1 saturated heterocycles. The Kier molecular flexibility index (Phi) is 4.12. The number of carbonyl (C=O) groups excluding carboxylic acids is 1. The van der Waals surface area contributed by atoms with Crippen molar-refractivity contribution < 1.29 is 17.9 Å². The summed E-state index contributed by atoms with van der Waals surface area (Å²) in [5.41, 5.74) is 6.21. The lowest BCUT2D eigenvalue weighted by atomic mass is 10.2. The first-order valence-corrected chi connectivity index (χ1v) is 7.95. The van der Waals surface area contributed by atoms with E-state index in [2.05, 4.69) is 15.0 Å². The van der Waals surface area contributed by atoms with Crippen LogP contribution >= 0.6 is 0 Å². The normalized spacial score (nSPS) is 20.6. The Balaban J connectivity index is 2.12. The van der Waals surface area contributed by atoms with Gasteiger partial charge in [0.05, 0.1) is 29.4 Å². The van der Waals surface area contributed by atoms with Gasteiger partial charge in [-0.1, -0.05) is 0 Å². The standard InChI is InChI=1S/C12H17N3O4S/c1-19-12(16)9-4-5-14-11(10(9)13)15-7-8-3-2-6-20(8,17)18/h4-5,8H,2-3,6-7,13H2,1H3,(H,14,15). The van der Waals surface area contributed by atoms with Crippen molar-refractivity contribution in [1.82, 2.24) is 4.98 Å². The number of ether oxygens (including phenoxy) is 1. The van der Waals surface area contributed by atoms with E-state index >= 15 is 0 Å². The van der Waals surface area contributed by atoms with Gasteiger partial charge in [0.25, 0.3) is 0 Å². The van der Waals surface area contributed by atoms with Crippen LogP contribution in [0.15, 0.2) is 12.3 Å². The summed E-state index contributed by atoms with van der Waals surface area (Å²) >= 11 is 0. The van der Waals surface area contributed by atoms with Crippen LogP contribution in [0.3, 0.4) is 0 Å². The molecule has 0 spiro atoms. The van der Waals surface area contributed by atoms with E-state index in [-0.39, 0.29) is 23.5 Å². The highest BCUT2D eigenvalue weighted by Crippen LogP contribution is 2.23. The van der Waals surface area contributed by atoms with Crippen molar-refractivity contribution >= 4 is 27.3 Å². The Bertz CT molecular complexity index is 615. The van der Waals surface area contributed by atoms with Crippen molar-refractivity contribution in [3.05, 3.63) is 17.8 Å². The Morgan fingerprint density at radius 3 is 2.95 bits per heavy atom. The largest absolute Gasteiger partial charge is 0.465 e. The van der Waals surface area contributed by atoms with Gasteiger partial charge in [-0.15, -0.1) is 0 Å². The molecule has 20 heavy (non-hydrogen) atoms. The quantitative estimate of drug-likeness (QED) is 0.776. The lowest BCUT2D eigenvalue weighted by Crippen LogP contribution is -2.26. The Morgan fingerprint density at radius 1 is 1.60 bits per heavy atom. The summed E-state index contributed by atoms with van der Waals surface area (Å²) in [6, 6.07) is 1.46. The molecule has 1 aromatic rings. The molecule has 8 heteroatoms. The number of hydrogen-bond acceptors (Lipinski definition) is 7. The second-order valence-corrected chi connectivity index (χ2v) is 7.03. The number of nitrogen functional groups attached to an aromatic ring is 1. The average Bonchev–Trinajstić information content (AvgIpc) is 2.76. The molecule has 0 amide bonds. The number of carbonyl (C=O) groups is 1. The number of rotatable bonds is 4. The highest BCUT2D eigenvalue weighted by atomic mass is 32.2. The third kappa shape index (κ3) is 2.84. The Hall–Kier alpha value is -1.83. The van der Waals surface area contributed by atoms with Crippen LogP contribution < -0.4 is 11.1 Å². The van der Waals surface area contributed by atoms with E-state index in [1.165, 1.54) is 19.4 Å². The zero-order chi connectivity index (χ0) is 14.8. The third-order valence-electron chi connectivity index (χ3n) is 3.36. The smallest absolute Gasteiger partial charge is 0.340 e. The molecule has 2 rings (SSSR count). The zero-order valence-corrected chi connectivity index (χ0v) is 11.9. The summed E-state index contributed by atoms with van der Waals surface area (Å²) in [5, 5.41) is 2.48. The fourth-order valence-electron chi connectivity index (χ4n) is 2.20. The van der Waals surface area contributed by atoms with Crippen LogP contribution in [0.5, 0.6) is 0 Å². The number of nitrogens with one attached hydrogen (secondary N) is 1. The molecule has 1 unspecified atom stereocenters. The number of methoxy groups -OCH3 is 1. The van der Waals surface area contributed by atoms with Crippen molar-refractivity contribution in [2.75, 3.05) is 30.5 Å². The van der Waals surface area contributed by atoms with Crippen molar-refractivity contribution in [2.45, 2.75) is 18.1 Å². The summed E-state index contributed by atoms with van der Waals surface area (Å²) in [6.45, 7) is 0.240. The molecule has 0 bridgehead atoms. The van der Waals surface area contributed by atoms with Gasteiger partial charge in [0.2, 0.25) is 0 Å². The van der Waals surface area contributed by atoms with E-state index < -0.39 is 21.1 Å². The molecule has 1 fully saturated rings. The van der Waals surface area contributed by atoms with Crippen LogP contribution in [0, 0.1) is 0 Å². The van der Waals surface area contributed by atoms with Crippen LogP contribution in [-0.4, -0.2) is 44.0 Å². The molecule has 1 aliphatic rings. The molecule has 110 valence electrons. The predicted octanol–water partition coefficient (Wildman–Crippen LogP) is 0.440. The van der Waals surface area contributed by atoms with Gasteiger partial charge in [0.15, 0.2) is 9.84 Å². The van der Waals surface area contributed by atoms with Crippen LogP contribution in [0.2, 0.25) is 0 Å². The molecule has 0 aliphatic carbocycles. The van der Waals surface area contributed by atoms with Gasteiger partial charge >= 0.3 is 5.97 Å². The van der Waals surface area contributed by atoms with Gasteiger partial charge in [0, 0.05) is 12.7 Å². The molecule has 2 heterocycles. The van der Waals surface area contributed by atoms with E-state index in [9.17, 15) is 13.2 Å². The Labute approximate surface area is 117 Å². The summed E-state index contributed by atoms with van der Waals surface area (Å²) in [7, 11) is -1.76. The SMILES string of the molecule is COC(=O)c1ccnc(NCC2CCCS2(=O)=O)c1N. The number of esters is 1. The highest BCUT2D eigenvalue weighted by molar-refractivity contribution is 7.92. The summed E-state index contributed by atoms with van der Waals surface area (Å²) in [5.74, 6) is -0.0267. The topological polar surface area (TPSA) is 111 Å². The van der Waals surface area contributed by atoms with E-state index in [1.54, 1.807) is 0 Å². The first-order valence-electron chi connectivity index (χ1n) is 6.24. The first-order chi connectivity index (χ1) is 9.45. The van der Waals surface area contributed by atoms with E-state index in [0.29, 0.717) is 18.7 Å². The maximum absolute atomic E-state index is 11.7. The van der Waals surface area contributed by atoms with Crippen LogP contribution in [-0.2, 0) is 14.6 Å². The third-order valence-corrected chi connectivity index (χ3v) is 5.63. The molecule has 0 saturated carbocycles. The number of nitrogens with zero attached hydrogens (tertiary/aromatic N) is 1. The number of hydrogen-bond donors (Lipinski definition) is 2. The lowest BCUT2D eigenvalue weighted by Gasteiger charge is -2.14. The second kappa shape index (κ2) is 5.66. The van der Waals surface area contributed by atoms with Gasteiger partial charge in [0.1, 0.15) is 5.82 Å². The monoisotopic (exact) mass is 299 g/mol. The first kappa shape index (κ1) is 14.6. The van der Waals surface area contributed by atoms with Gasteiger partial charge in [-0.2, -0.15) is 0 Å². The number of anilines is 2. The van der Waals surface area contributed by atoms with Crippen molar-refractivity contribution in [2.24, 2.45) is 0 Å². The predicted molar refractivity (Wildman–Crippen MR) is 75.3 cm³/mol. The average molecular weight is 299 g/mol. The second-order valence-electron chi connectivity index (χ2n) is 4.62. The van der Waals surface area contributed by atoms with Crippen molar-refractivity contribution in [3.8, 4) is 0 Å². The van der Waals surface area contributed by atoms with E-state index in [0.717, 1.165) is 0 Å². The molecule has 0 radical (unpaired) electrons. The number of sulfone groups is 1. The highest BCUT2D eigenvalue weighted by Gasteiger charge is 2.31. The molecular weight excluding hydrogens is 282 g/mol. The van der Waals surface area contributed by atoms with Gasteiger partial charge in [-0.05, 0) is 18.9 Å². The van der Waals surface area contributed by atoms with Crippen LogP contribution in [0.1, 0.15) is 23.2 Å². The summed E-state index contributed by atoms with van der Waals surface area (Å²) in [6.07, 6.45) is 2.74. The van der Waals surface area contributed by atoms with E-state index in [1.807, 2.05) is 0 Å². The Morgan fingerprint density at radius 2 is 2.35 bits per heavy atom. The van der Waals surface area contributed by atoms with Crippen molar-refractivity contribution in [1.29, 1.82) is 0 Å². The maximum atomic E-state index is 11.7. The molecule has 1 aliphatic heterocycles. The fourth-order valence-corrected chi connectivity index (χ4v) is 3.97. The number of nitrogens with two attached hydrogens (primary N) is 1. The van der Waals surface area contributed by atoms with Crippen LogP contribution in [0.4, 0.5) is 11.5 Å². The molecule has 3 N–H and O–H groups in total. The fraction of sp³-hybridized carbons (Fsp3) is 0.500. The zero-order valence-electron chi connectivity index (χ0n) is 11.1. The van der Waals surface area contributed by atoms with Crippen LogP contribution in [0.25, 0.3) is 0 Å². The number of aromatic nitrogens is 1. The minimum Gasteiger partial charge on any atom is -0.465 e. The molecular formula is C12H17N3O4S. The molecule has 7 nitrogen and oxygen atoms in total. The summed E-state index contributed by atoms with van der Waals surface area (Å²) < 4.78 is 28.1. The van der Waals surface area contributed by atoms with Gasteiger partial charge in [-0.25, -0.2) is 18.2 Å². The maximum Gasteiger partial charge on any atom is 0.340 e. The minimum absolute atomic E-state index is 0.162. The minimum atomic E-state index is -3.02. The molecule has 0 aromatic carbocycles. The number of pyridine rings is 1. The van der Waals surface area contributed by atoms with Crippen molar-refractivity contribution in [3.63, 3.8) is 0 Å². The lowest BCUT2D eigenvalue weighted by molar-refractivity contribution is 0.0602. The molecule has 1 aromatic heterocycles. The summed E-state index contributed by atoms with van der Waals surface area (Å²) in [4.78, 5) is 15.5. The van der Waals surface area contributed by atoms with E-state index in [4.69, 9.17) is 5.73 Å². The molecule has 1 atom stereocenters. The van der Waals surface area contributed by atoms with Gasteiger partial charge < -0.3 is 15.8 Å².